The lowest BCUT2D eigenvalue weighted by Crippen LogP contribution is -2.39. The second kappa shape index (κ2) is 6.73. The predicted molar refractivity (Wildman–Crippen MR) is 80.5 cm³/mol. The van der Waals surface area contributed by atoms with Gasteiger partial charge in [0.15, 0.2) is 0 Å². The maximum atomic E-state index is 9.18. The van der Waals surface area contributed by atoms with Crippen molar-refractivity contribution in [2.45, 2.75) is 38.8 Å². The molecule has 1 heterocycles. The van der Waals surface area contributed by atoms with E-state index < -0.39 is 0 Å². The zero-order chi connectivity index (χ0) is 13.8. The van der Waals surface area contributed by atoms with Gasteiger partial charge in [-0.15, -0.1) is 0 Å². The van der Waals surface area contributed by atoms with Gasteiger partial charge in [0.05, 0.1) is 6.61 Å². The lowest BCUT2D eigenvalue weighted by Gasteiger charge is -2.32. The van der Waals surface area contributed by atoms with Crippen LogP contribution in [0.4, 0.5) is 0 Å². The first-order chi connectivity index (χ1) is 9.11. The Morgan fingerprint density at radius 2 is 2.26 bits per heavy atom. The number of hydrogen-bond donors (Lipinski definition) is 2. The summed E-state index contributed by atoms with van der Waals surface area (Å²) in [6.07, 6.45) is 1.76. The third-order valence-electron chi connectivity index (χ3n) is 3.67. The van der Waals surface area contributed by atoms with Crippen LogP contribution in [0.15, 0.2) is 22.7 Å². The van der Waals surface area contributed by atoms with Crippen molar-refractivity contribution in [3.8, 4) is 5.75 Å². The third-order valence-corrected chi connectivity index (χ3v) is 4.16. The molecule has 0 radical (unpaired) electrons. The summed E-state index contributed by atoms with van der Waals surface area (Å²) in [7, 11) is 0. The van der Waals surface area contributed by atoms with Crippen molar-refractivity contribution in [3.63, 3.8) is 0 Å². The maximum Gasteiger partial charge on any atom is 0.124 e. The number of aliphatic hydroxyl groups is 1. The molecule has 2 N–H and O–H groups in total. The fourth-order valence-electron chi connectivity index (χ4n) is 2.55. The van der Waals surface area contributed by atoms with Gasteiger partial charge in [-0.25, -0.2) is 0 Å². The molecule has 2 atom stereocenters. The van der Waals surface area contributed by atoms with E-state index in [-0.39, 0.29) is 6.61 Å². The highest BCUT2D eigenvalue weighted by atomic mass is 79.9. The second-order valence-corrected chi connectivity index (χ2v) is 6.32. The maximum absolute atomic E-state index is 9.18. The van der Waals surface area contributed by atoms with E-state index >= 15 is 0 Å². The summed E-state index contributed by atoms with van der Waals surface area (Å²) >= 11 is 3.52. The van der Waals surface area contributed by atoms with Gasteiger partial charge in [0.25, 0.3) is 0 Å². The zero-order valence-corrected chi connectivity index (χ0v) is 13.1. The summed E-state index contributed by atoms with van der Waals surface area (Å²) in [6, 6.07) is 6.79. The number of nitrogens with one attached hydrogen (secondary N) is 1. The molecular formula is C15H22BrNO2. The number of halogens is 1. The van der Waals surface area contributed by atoms with E-state index in [0.29, 0.717) is 18.0 Å². The van der Waals surface area contributed by atoms with Crippen LogP contribution >= 0.6 is 15.9 Å². The molecule has 1 aromatic carbocycles. The summed E-state index contributed by atoms with van der Waals surface area (Å²) in [4.78, 5) is 0. The molecule has 0 spiro atoms. The van der Waals surface area contributed by atoms with Crippen molar-refractivity contribution in [3.05, 3.63) is 28.2 Å². The van der Waals surface area contributed by atoms with Crippen molar-refractivity contribution in [2.75, 3.05) is 13.2 Å². The summed E-state index contributed by atoms with van der Waals surface area (Å²) in [5, 5.41) is 12.9. The van der Waals surface area contributed by atoms with E-state index in [0.717, 1.165) is 29.7 Å². The van der Waals surface area contributed by atoms with Gasteiger partial charge in [-0.1, -0.05) is 29.8 Å². The Balaban J connectivity index is 2.16. The molecule has 3 nitrogen and oxygen atoms in total. The van der Waals surface area contributed by atoms with Crippen molar-refractivity contribution in [1.29, 1.82) is 0 Å². The Labute approximate surface area is 123 Å². The zero-order valence-electron chi connectivity index (χ0n) is 11.5. The summed E-state index contributed by atoms with van der Waals surface area (Å²) < 4.78 is 6.78. The molecule has 0 saturated carbocycles. The van der Waals surface area contributed by atoms with Gasteiger partial charge in [0, 0.05) is 35.1 Å². The average Bonchev–Trinajstić information content (AvgIpc) is 2.38. The molecule has 1 aromatic rings. The molecule has 0 amide bonds. The first-order valence-electron chi connectivity index (χ1n) is 6.91. The van der Waals surface area contributed by atoms with Gasteiger partial charge in [0.1, 0.15) is 5.75 Å². The minimum Gasteiger partial charge on any atom is -0.493 e. The molecule has 19 heavy (non-hydrogen) atoms. The molecule has 0 saturated heterocycles. The molecule has 2 rings (SSSR count). The largest absolute Gasteiger partial charge is 0.493 e. The Morgan fingerprint density at radius 1 is 1.47 bits per heavy atom. The average molecular weight is 328 g/mol. The fraction of sp³-hybridized carbons (Fsp3) is 0.600. The second-order valence-electron chi connectivity index (χ2n) is 5.40. The first-order valence-corrected chi connectivity index (χ1v) is 7.70. The lowest BCUT2D eigenvalue weighted by molar-refractivity contribution is 0.206. The molecule has 0 bridgehead atoms. The predicted octanol–water partition coefficient (Wildman–Crippen LogP) is 3.27. The van der Waals surface area contributed by atoms with Gasteiger partial charge >= 0.3 is 0 Å². The molecular weight excluding hydrogens is 306 g/mol. The summed E-state index contributed by atoms with van der Waals surface area (Å²) in [5.74, 6) is 1.48. The molecule has 106 valence electrons. The molecule has 4 heteroatoms. The highest BCUT2D eigenvalue weighted by molar-refractivity contribution is 9.10. The van der Waals surface area contributed by atoms with Gasteiger partial charge < -0.3 is 15.2 Å². The Hall–Kier alpha value is -0.580. The van der Waals surface area contributed by atoms with Crippen LogP contribution < -0.4 is 10.1 Å². The smallest absolute Gasteiger partial charge is 0.124 e. The van der Waals surface area contributed by atoms with Crippen LogP contribution in [0.5, 0.6) is 5.75 Å². The van der Waals surface area contributed by atoms with E-state index in [1.807, 2.05) is 12.1 Å². The number of aliphatic hydroxyl groups excluding tert-OH is 1. The van der Waals surface area contributed by atoms with Gasteiger partial charge in [-0.05, 0) is 30.5 Å². The standard InChI is InChI=1S/C15H22BrNO2/c1-10(2)13(5-7-18)17-14-6-8-19-15-4-3-11(16)9-12(14)15/h3-4,9-10,13-14,17-18H,5-8H2,1-2H3. The van der Waals surface area contributed by atoms with Crippen molar-refractivity contribution in [1.82, 2.24) is 5.32 Å². The molecule has 0 aliphatic carbocycles. The Bertz CT molecular complexity index is 423. The molecule has 2 unspecified atom stereocenters. The lowest BCUT2D eigenvalue weighted by atomic mass is 9.95. The van der Waals surface area contributed by atoms with Crippen LogP contribution in [0.25, 0.3) is 0 Å². The van der Waals surface area contributed by atoms with E-state index in [2.05, 4.69) is 41.2 Å². The van der Waals surface area contributed by atoms with Crippen molar-refractivity contribution in [2.24, 2.45) is 5.92 Å². The van der Waals surface area contributed by atoms with Crippen LogP contribution in [0.3, 0.4) is 0 Å². The normalized spacial score (nSPS) is 19.9. The summed E-state index contributed by atoms with van der Waals surface area (Å²) in [5.41, 5.74) is 1.21. The first kappa shape index (κ1) is 14.8. The van der Waals surface area contributed by atoms with E-state index in [1.165, 1.54) is 5.56 Å². The van der Waals surface area contributed by atoms with Crippen molar-refractivity contribution < 1.29 is 9.84 Å². The third kappa shape index (κ3) is 3.71. The highest BCUT2D eigenvalue weighted by Gasteiger charge is 2.25. The number of benzene rings is 1. The molecule has 0 aromatic heterocycles. The number of rotatable bonds is 5. The van der Waals surface area contributed by atoms with Crippen molar-refractivity contribution >= 4 is 15.9 Å². The van der Waals surface area contributed by atoms with E-state index in [4.69, 9.17) is 4.74 Å². The van der Waals surface area contributed by atoms with Gasteiger partial charge in [-0.3, -0.25) is 0 Å². The number of hydrogen-bond acceptors (Lipinski definition) is 3. The van der Waals surface area contributed by atoms with E-state index in [9.17, 15) is 5.11 Å². The van der Waals surface area contributed by atoms with Gasteiger partial charge in [0.2, 0.25) is 0 Å². The topological polar surface area (TPSA) is 41.5 Å². The number of fused-ring (bicyclic) bond motifs is 1. The SMILES string of the molecule is CC(C)C(CCO)NC1CCOc2ccc(Br)cc21. The molecule has 1 aliphatic heterocycles. The summed E-state index contributed by atoms with van der Waals surface area (Å²) in [6.45, 7) is 5.35. The number of ether oxygens (including phenoxy) is 1. The Morgan fingerprint density at radius 3 is 2.95 bits per heavy atom. The van der Waals surface area contributed by atoms with E-state index in [1.54, 1.807) is 0 Å². The molecule has 0 fully saturated rings. The van der Waals surface area contributed by atoms with Crippen LogP contribution in [0.1, 0.15) is 38.3 Å². The van der Waals surface area contributed by atoms with Crippen LogP contribution in [0.2, 0.25) is 0 Å². The Kier molecular flexibility index (Phi) is 5.25. The van der Waals surface area contributed by atoms with Crippen LogP contribution in [0, 0.1) is 5.92 Å². The monoisotopic (exact) mass is 327 g/mol. The molecule has 1 aliphatic rings. The quantitative estimate of drug-likeness (QED) is 0.872. The fourth-order valence-corrected chi connectivity index (χ4v) is 2.92. The minimum absolute atomic E-state index is 0.227. The minimum atomic E-state index is 0.227. The van der Waals surface area contributed by atoms with Crippen LogP contribution in [-0.4, -0.2) is 24.4 Å². The highest BCUT2D eigenvalue weighted by Crippen LogP contribution is 2.34. The van der Waals surface area contributed by atoms with Crippen LogP contribution in [-0.2, 0) is 0 Å². The van der Waals surface area contributed by atoms with Gasteiger partial charge in [-0.2, -0.15) is 0 Å².